The van der Waals surface area contributed by atoms with Crippen LogP contribution in [0.2, 0.25) is 0 Å². The number of hydrogen-bond donors (Lipinski definition) is 2. The number of sulfonamides is 1. The molecule has 0 bridgehead atoms. The van der Waals surface area contributed by atoms with Crippen LogP contribution < -0.4 is 4.72 Å². The second kappa shape index (κ2) is 5.49. The molecule has 5 nitrogen and oxygen atoms in total. The summed E-state index contributed by atoms with van der Waals surface area (Å²) in [6.07, 6.45) is 0. The first-order chi connectivity index (χ1) is 8.23. The first-order valence-electron chi connectivity index (χ1n) is 5.51. The van der Waals surface area contributed by atoms with Crippen molar-refractivity contribution in [2.45, 2.75) is 32.6 Å². The molecular weight excluding hydrogens is 254 g/mol. The molecule has 0 spiro atoms. The molecule has 0 amide bonds. The monoisotopic (exact) mass is 271 g/mol. The van der Waals surface area contributed by atoms with E-state index in [2.05, 4.69) is 4.72 Å². The molecule has 0 aliphatic rings. The predicted molar refractivity (Wildman–Crippen MR) is 68.8 cm³/mol. The highest BCUT2D eigenvalue weighted by Gasteiger charge is 2.21. The molecule has 0 unspecified atom stereocenters. The summed E-state index contributed by atoms with van der Waals surface area (Å²) in [5.41, 5.74) is 2.47. The fourth-order valence-corrected chi connectivity index (χ4v) is 3.19. The van der Waals surface area contributed by atoms with Crippen molar-refractivity contribution in [2.24, 2.45) is 0 Å². The third kappa shape index (κ3) is 3.82. The SMILES string of the molecule is Cc1cccc(C)c1CS(=O)(=O)N[C@@H](C)C(=O)O. The lowest BCUT2D eigenvalue weighted by molar-refractivity contribution is -0.138. The third-order valence-electron chi connectivity index (χ3n) is 2.71. The zero-order valence-electron chi connectivity index (χ0n) is 10.6. The Morgan fingerprint density at radius 2 is 1.83 bits per heavy atom. The van der Waals surface area contributed by atoms with E-state index >= 15 is 0 Å². The average Bonchev–Trinajstić information content (AvgIpc) is 2.23. The van der Waals surface area contributed by atoms with Crippen LogP contribution >= 0.6 is 0 Å². The van der Waals surface area contributed by atoms with Crippen LogP contribution in [0.4, 0.5) is 0 Å². The van der Waals surface area contributed by atoms with E-state index in [1.54, 1.807) is 0 Å². The summed E-state index contributed by atoms with van der Waals surface area (Å²) in [4.78, 5) is 10.6. The van der Waals surface area contributed by atoms with Gasteiger partial charge in [0.2, 0.25) is 10.0 Å². The van der Waals surface area contributed by atoms with Crippen molar-refractivity contribution in [3.05, 3.63) is 34.9 Å². The van der Waals surface area contributed by atoms with Gasteiger partial charge in [-0.05, 0) is 37.5 Å². The van der Waals surface area contributed by atoms with Crippen molar-refractivity contribution in [3.8, 4) is 0 Å². The Hall–Kier alpha value is -1.40. The molecule has 0 heterocycles. The number of carboxylic acid groups (broad SMARTS) is 1. The molecular formula is C12H17NO4S. The molecule has 0 aliphatic carbocycles. The minimum atomic E-state index is -3.65. The topological polar surface area (TPSA) is 83.5 Å². The van der Waals surface area contributed by atoms with Gasteiger partial charge < -0.3 is 5.11 Å². The summed E-state index contributed by atoms with van der Waals surface area (Å²) in [7, 11) is -3.65. The molecule has 1 rings (SSSR count). The summed E-state index contributed by atoms with van der Waals surface area (Å²) in [6.45, 7) is 4.96. The van der Waals surface area contributed by atoms with Gasteiger partial charge in [0.05, 0.1) is 5.75 Å². The van der Waals surface area contributed by atoms with Gasteiger partial charge in [-0.25, -0.2) is 13.1 Å². The van der Waals surface area contributed by atoms with Gasteiger partial charge in [-0.2, -0.15) is 0 Å². The molecule has 0 radical (unpaired) electrons. The van der Waals surface area contributed by atoms with Crippen LogP contribution in [-0.2, 0) is 20.6 Å². The molecule has 0 saturated carbocycles. The first-order valence-corrected chi connectivity index (χ1v) is 7.16. The number of benzene rings is 1. The summed E-state index contributed by atoms with van der Waals surface area (Å²) in [5, 5.41) is 8.69. The molecule has 6 heteroatoms. The number of rotatable bonds is 5. The number of hydrogen-bond acceptors (Lipinski definition) is 3. The van der Waals surface area contributed by atoms with Crippen LogP contribution in [0.25, 0.3) is 0 Å². The Bertz CT molecular complexity index is 531. The molecule has 18 heavy (non-hydrogen) atoms. The Labute approximate surface area is 107 Å². The maximum Gasteiger partial charge on any atom is 0.321 e. The summed E-state index contributed by atoms with van der Waals surface area (Å²) in [6, 6.07) is 4.39. The van der Waals surface area contributed by atoms with Crippen molar-refractivity contribution in [2.75, 3.05) is 0 Å². The Kier molecular flexibility index (Phi) is 4.48. The van der Waals surface area contributed by atoms with E-state index in [1.165, 1.54) is 6.92 Å². The maximum absolute atomic E-state index is 11.8. The van der Waals surface area contributed by atoms with Crippen molar-refractivity contribution >= 4 is 16.0 Å². The largest absolute Gasteiger partial charge is 0.480 e. The third-order valence-corrected chi connectivity index (χ3v) is 4.09. The molecule has 0 fully saturated rings. The molecule has 0 saturated heterocycles. The van der Waals surface area contributed by atoms with Crippen molar-refractivity contribution in [3.63, 3.8) is 0 Å². The zero-order chi connectivity index (χ0) is 13.9. The van der Waals surface area contributed by atoms with Crippen LogP contribution in [0.5, 0.6) is 0 Å². The molecule has 0 aliphatic heterocycles. The lowest BCUT2D eigenvalue weighted by Crippen LogP contribution is -2.39. The van der Waals surface area contributed by atoms with E-state index < -0.39 is 22.0 Å². The van der Waals surface area contributed by atoms with Crippen molar-refractivity contribution in [1.29, 1.82) is 0 Å². The van der Waals surface area contributed by atoms with E-state index in [9.17, 15) is 13.2 Å². The summed E-state index contributed by atoms with van der Waals surface area (Å²) in [5.74, 6) is -1.40. The van der Waals surface area contributed by atoms with Gasteiger partial charge in [-0.15, -0.1) is 0 Å². The summed E-state index contributed by atoms with van der Waals surface area (Å²) < 4.78 is 25.8. The molecule has 1 atom stereocenters. The van der Waals surface area contributed by atoms with E-state index in [-0.39, 0.29) is 5.75 Å². The zero-order valence-corrected chi connectivity index (χ0v) is 11.4. The van der Waals surface area contributed by atoms with E-state index in [1.807, 2.05) is 32.0 Å². The molecule has 1 aromatic carbocycles. The van der Waals surface area contributed by atoms with Gasteiger partial charge in [0.1, 0.15) is 6.04 Å². The lowest BCUT2D eigenvalue weighted by Gasteiger charge is -2.13. The smallest absolute Gasteiger partial charge is 0.321 e. The van der Waals surface area contributed by atoms with Crippen LogP contribution in [-0.4, -0.2) is 25.5 Å². The van der Waals surface area contributed by atoms with Gasteiger partial charge in [0.25, 0.3) is 0 Å². The normalized spacial score (nSPS) is 13.3. The number of aryl methyl sites for hydroxylation is 2. The average molecular weight is 271 g/mol. The van der Waals surface area contributed by atoms with Crippen molar-refractivity contribution in [1.82, 2.24) is 4.72 Å². The number of carboxylic acids is 1. The summed E-state index contributed by atoms with van der Waals surface area (Å²) >= 11 is 0. The predicted octanol–water partition coefficient (Wildman–Crippen LogP) is 1.20. The Morgan fingerprint density at radius 3 is 2.28 bits per heavy atom. The maximum atomic E-state index is 11.8. The van der Waals surface area contributed by atoms with Gasteiger partial charge in [-0.3, -0.25) is 4.79 Å². The number of aliphatic carboxylic acids is 1. The second-order valence-electron chi connectivity index (χ2n) is 4.31. The fourth-order valence-electron chi connectivity index (χ4n) is 1.63. The quantitative estimate of drug-likeness (QED) is 0.842. The van der Waals surface area contributed by atoms with E-state index in [4.69, 9.17) is 5.11 Å². The first kappa shape index (κ1) is 14.7. The van der Waals surface area contributed by atoms with Gasteiger partial charge in [0, 0.05) is 0 Å². The second-order valence-corrected chi connectivity index (χ2v) is 6.06. The lowest BCUT2D eigenvalue weighted by atomic mass is 10.1. The fraction of sp³-hybridized carbons (Fsp3) is 0.417. The van der Waals surface area contributed by atoms with Crippen LogP contribution in [0.15, 0.2) is 18.2 Å². The minimum absolute atomic E-state index is 0.205. The molecule has 100 valence electrons. The minimum Gasteiger partial charge on any atom is -0.480 e. The Balaban J connectivity index is 2.93. The highest BCUT2D eigenvalue weighted by atomic mass is 32.2. The van der Waals surface area contributed by atoms with Crippen molar-refractivity contribution < 1.29 is 18.3 Å². The van der Waals surface area contributed by atoms with Gasteiger partial charge in [0.15, 0.2) is 0 Å². The van der Waals surface area contributed by atoms with Crippen LogP contribution in [0.1, 0.15) is 23.6 Å². The van der Waals surface area contributed by atoms with Gasteiger partial charge >= 0.3 is 5.97 Å². The highest BCUT2D eigenvalue weighted by molar-refractivity contribution is 7.88. The van der Waals surface area contributed by atoms with E-state index in [0.29, 0.717) is 5.56 Å². The molecule has 2 N–H and O–H groups in total. The number of carbonyl (C=O) groups is 1. The molecule has 0 aromatic heterocycles. The molecule has 1 aromatic rings. The highest BCUT2D eigenvalue weighted by Crippen LogP contribution is 2.16. The standard InChI is InChI=1S/C12H17NO4S/c1-8-5-4-6-9(2)11(8)7-18(16,17)13-10(3)12(14)15/h4-6,10,13H,7H2,1-3H3,(H,14,15)/t10-/m0/s1. The van der Waals surface area contributed by atoms with Crippen LogP contribution in [0, 0.1) is 13.8 Å². The van der Waals surface area contributed by atoms with E-state index in [0.717, 1.165) is 11.1 Å². The van der Waals surface area contributed by atoms with Crippen LogP contribution in [0.3, 0.4) is 0 Å². The van der Waals surface area contributed by atoms with Gasteiger partial charge in [-0.1, -0.05) is 18.2 Å². The Morgan fingerprint density at radius 1 is 1.33 bits per heavy atom. The number of nitrogens with one attached hydrogen (secondary N) is 1.